The number of carbonyl (C=O) groups is 2. The van der Waals surface area contributed by atoms with Gasteiger partial charge in [-0.2, -0.15) is 0 Å². The van der Waals surface area contributed by atoms with Crippen molar-refractivity contribution in [2.75, 3.05) is 19.8 Å². The van der Waals surface area contributed by atoms with Gasteiger partial charge >= 0.3 is 5.97 Å². The van der Waals surface area contributed by atoms with Gasteiger partial charge in [0, 0.05) is 11.1 Å². The Balaban J connectivity index is 1.39. The monoisotopic (exact) mass is 382 g/mol. The second-order valence-corrected chi connectivity index (χ2v) is 6.03. The maximum Gasteiger partial charge on any atom is 0.374 e. The van der Waals surface area contributed by atoms with Gasteiger partial charge < -0.3 is 18.6 Å². The molecule has 0 aliphatic carbocycles. The average Bonchev–Trinajstić information content (AvgIpc) is 3.22. The smallest absolute Gasteiger partial charge is 0.374 e. The predicted octanol–water partition coefficient (Wildman–Crippen LogP) is 3.90. The van der Waals surface area contributed by atoms with Crippen molar-refractivity contribution in [1.29, 1.82) is 0 Å². The van der Waals surface area contributed by atoms with Crippen LogP contribution < -0.4 is 9.47 Å². The molecule has 1 aliphatic rings. The van der Waals surface area contributed by atoms with Gasteiger partial charge in [-0.05, 0) is 54.6 Å². The lowest BCUT2D eigenvalue weighted by Crippen LogP contribution is -2.17. The molecule has 142 valence electrons. The maximum atomic E-state index is 13.0. The van der Waals surface area contributed by atoms with E-state index in [-0.39, 0.29) is 17.4 Å². The van der Waals surface area contributed by atoms with Crippen molar-refractivity contribution in [2.24, 2.45) is 0 Å². The highest BCUT2D eigenvalue weighted by Gasteiger charge is 2.18. The quantitative estimate of drug-likeness (QED) is 0.492. The number of Topliss-reactive ketones (excluding diaryl/α,β-unsaturated/α-hetero) is 1. The van der Waals surface area contributed by atoms with E-state index in [4.69, 9.17) is 18.6 Å². The highest BCUT2D eigenvalue weighted by Crippen LogP contribution is 2.31. The summed E-state index contributed by atoms with van der Waals surface area (Å²) in [5, 5.41) is 0. The van der Waals surface area contributed by atoms with Crippen molar-refractivity contribution < 1.29 is 32.6 Å². The van der Waals surface area contributed by atoms with Crippen LogP contribution in [-0.4, -0.2) is 31.6 Å². The van der Waals surface area contributed by atoms with Crippen molar-refractivity contribution >= 4 is 11.8 Å². The fraction of sp³-hybridized carbons (Fsp3) is 0.143. The minimum atomic E-state index is -0.765. The number of halogens is 1. The number of ether oxygens (including phenoxy) is 3. The molecule has 0 unspecified atom stereocenters. The number of hydrogen-bond acceptors (Lipinski definition) is 6. The molecule has 7 heteroatoms. The molecule has 2 aromatic carbocycles. The van der Waals surface area contributed by atoms with E-state index in [1.54, 1.807) is 24.3 Å². The summed E-state index contributed by atoms with van der Waals surface area (Å²) in [5.41, 5.74) is 0.969. The van der Waals surface area contributed by atoms with Gasteiger partial charge in [0.2, 0.25) is 5.76 Å². The molecule has 6 nitrogen and oxygen atoms in total. The summed E-state index contributed by atoms with van der Waals surface area (Å²) in [6.07, 6.45) is 0. The molecule has 2 heterocycles. The summed E-state index contributed by atoms with van der Waals surface area (Å²) in [6.45, 7) is 0.431. The van der Waals surface area contributed by atoms with Gasteiger partial charge in [0.25, 0.3) is 0 Å². The van der Waals surface area contributed by atoms with Crippen LogP contribution in [0.15, 0.2) is 59.0 Å². The maximum absolute atomic E-state index is 13.0. The Morgan fingerprint density at radius 1 is 0.929 bits per heavy atom. The SMILES string of the molecule is O=C(COC(=O)c1ccc(-c2ccc(F)cc2)o1)c1ccc2c(c1)OCCO2. The van der Waals surface area contributed by atoms with E-state index in [1.807, 2.05) is 0 Å². The highest BCUT2D eigenvalue weighted by atomic mass is 19.1. The zero-order valence-electron chi connectivity index (χ0n) is 14.6. The zero-order chi connectivity index (χ0) is 19.5. The third-order valence-electron chi connectivity index (χ3n) is 4.13. The predicted molar refractivity (Wildman–Crippen MR) is 96.1 cm³/mol. The number of benzene rings is 2. The topological polar surface area (TPSA) is 75.0 Å². The van der Waals surface area contributed by atoms with Crippen LogP contribution in [-0.2, 0) is 4.74 Å². The number of esters is 1. The molecular weight excluding hydrogens is 367 g/mol. The molecule has 0 radical (unpaired) electrons. The lowest BCUT2D eigenvalue weighted by molar-refractivity contribution is 0.0444. The first-order chi connectivity index (χ1) is 13.6. The first-order valence-corrected chi connectivity index (χ1v) is 8.56. The molecular formula is C21H15FO6. The van der Waals surface area contributed by atoms with Gasteiger partial charge in [-0.15, -0.1) is 0 Å². The molecule has 1 aliphatic heterocycles. The summed E-state index contributed by atoms with van der Waals surface area (Å²) in [6, 6.07) is 13.5. The molecule has 0 saturated heterocycles. The van der Waals surface area contributed by atoms with E-state index < -0.39 is 12.6 Å². The molecule has 1 aromatic heterocycles. The fourth-order valence-electron chi connectivity index (χ4n) is 2.72. The number of ketones is 1. The van der Waals surface area contributed by atoms with Crippen LogP contribution in [0.2, 0.25) is 0 Å². The number of carbonyl (C=O) groups excluding carboxylic acids is 2. The Morgan fingerprint density at radius 3 is 2.46 bits per heavy atom. The molecule has 0 atom stereocenters. The van der Waals surface area contributed by atoms with E-state index in [1.165, 1.54) is 30.3 Å². The highest BCUT2D eigenvalue weighted by molar-refractivity contribution is 5.99. The van der Waals surface area contributed by atoms with E-state index in [9.17, 15) is 14.0 Å². The second kappa shape index (κ2) is 7.56. The van der Waals surface area contributed by atoms with Crippen molar-refractivity contribution in [1.82, 2.24) is 0 Å². The Kier molecular flexibility index (Phi) is 4.80. The molecule has 3 aromatic rings. The van der Waals surface area contributed by atoms with Crippen LogP contribution in [0.25, 0.3) is 11.3 Å². The first kappa shape index (κ1) is 17.8. The summed E-state index contributed by atoms with van der Waals surface area (Å²) in [7, 11) is 0. The van der Waals surface area contributed by atoms with E-state index in [0.29, 0.717) is 41.6 Å². The molecule has 0 saturated carbocycles. The van der Waals surface area contributed by atoms with Crippen molar-refractivity contribution in [3.8, 4) is 22.8 Å². The van der Waals surface area contributed by atoms with Crippen molar-refractivity contribution in [2.45, 2.75) is 0 Å². The van der Waals surface area contributed by atoms with Crippen LogP contribution in [0.3, 0.4) is 0 Å². The van der Waals surface area contributed by atoms with Gasteiger partial charge in [0.1, 0.15) is 24.8 Å². The number of rotatable bonds is 5. The van der Waals surface area contributed by atoms with Gasteiger partial charge in [-0.1, -0.05) is 0 Å². The van der Waals surface area contributed by atoms with Crippen molar-refractivity contribution in [3.05, 3.63) is 71.7 Å². The van der Waals surface area contributed by atoms with Crippen LogP contribution in [0.5, 0.6) is 11.5 Å². The third-order valence-corrected chi connectivity index (χ3v) is 4.13. The summed E-state index contributed by atoms with van der Waals surface area (Å²) in [4.78, 5) is 24.4. The number of fused-ring (bicyclic) bond motifs is 1. The lowest BCUT2D eigenvalue weighted by Gasteiger charge is -2.18. The summed E-state index contributed by atoms with van der Waals surface area (Å²) in [5.74, 6) is -0.107. The van der Waals surface area contributed by atoms with Crippen LogP contribution >= 0.6 is 0 Å². The largest absolute Gasteiger partial charge is 0.486 e. The number of hydrogen-bond donors (Lipinski definition) is 0. The van der Waals surface area contributed by atoms with E-state index >= 15 is 0 Å². The molecule has 4 rings (SSSR count). The molecule has 0 N–H and O–H groups in total. The first-order valence-electron chi connectivity index (χ1n) is 8.56. The minimum absolute atomic E-state index is 0.0469. The Hall–Kier alpha value is -3.61. The van der Waals surface area contributed by atoms with Gasteiger partial charge in [-0.25, -0.2) is 9.18 Å². The van der Waals surface area contributed by atoms with Crippen LogP contribution in [0.1, 0.15) is 20.9 Å². The van der Waals surface area contributed by atoms with Gasteiger partial charge in [-0.3, -0.25) is 4.79 Å². The normalized spacial score (nSPS) is 12.5. The standard InChI is InChI=1S/C21H15FO6/c22-15-4-1-13(2-5-15)17-7-8-19(28-17)21(24)27-12-16(23)14-3-6-18-20(11-14)26-10-9-25-18/h1-8,11H,9-10,12H2. The minimum Gasteiger partial charge on any atom is -0.486 e. The molecule has 28 heavy (non-hydrogen) atoms. The van der Waals surface area contributed by atoms with Crippen LogP contribution in [0, 0.1) is 5.82 Å². The molecule has 0 bridgehead atoms. The summed E-state index contributed by atoms with van der Waals surface area (Å²) >= 11 is 0. The van der Waals surface area contributed by atoms with E-state index in [2.05, 4.69) is 0 Å². The number of furan rings is 1. The van der Waals surface area contributed by atoms with Gasteiger partial charge in [0.05, 0.1) is 0 Å². The fourth-order valence-corrected chi connectivity index (χ4v) is 2.72. The third kappa shape index (κ3) is 3.73. The van der Waals surface area contributed by atoms with Crippen LogP contribution in [0.4, 0.5) is 4.39 Å². The average molecular weight is 382 g/mol. The Morgan fingerprint density at radius 2 is 1.68 bits per heavy atom. The molecule has 0 amide bonds. The Labute approximate surface area is 159 Å². The van der Waals surface area contributed by atoms with E-state index in [0.717, 1.165) is 0 Å². The molecule has 0 fully saturated rings. The Bertz CT molecular complexity index is 1020. The second-order valence-electron chi connectivity index (χ2n) is 6.03. The zero-order valence-corrected chi connectivity index (χ0v) is 14.6. The molecule has 0 spiro atoms. The lowest BCUT2D eigenvalue weighted by atomic mass is 10.1. The van der Waals surface area contributed by atoms with Gasteiger partial charge in [0.15, 0.2) is 23.9 Å². The summed E-state index contributed by atoms with van der Waals surface area (Å²) < 4.78 is 34.3. The van der Waals surface area contributed by atoms with Crippen molar-refractivity contribution in [3.63, 3.8) is 0 Å².